The molecule has 0 fully saturated rings. The van der Waals surface area contributed by atoms with Gasteiger partial charge in [0.15, 0.2) is 5.13 Å². The van der Waals surface area contributed by atoms with E-state index in [0.717, 1.165) is 26.5 Å². The van der Waals surface area contributed by atoms with Crippen LogP contribution in [0.4, 0.5) is 5.13 Å². The first kappa shape index (κ1) is 18.5. The van der Waals surface area contributed by atoms with Gasteiger partial charge in [-0.05, 0) is 19.4 Å². The Kier molecular flexibility index (Phi) is 5.06. The quantitative estimate of drug-likeness (QED) is 0.514. The zero-order valence-corrected chi connectivity index (χ0v) is 17.0. The highest BCUT2D eigenvalue weighted by molar-refractivity contribution is 7.18. The molecule has 28 heavy (non-hydrogen) atoms. The van der Waals surface area contributed by atoms with Crippen molar-refractivity contribution in [2.24, 2.45) is 0 Å². The van der Waals surface area contributed by atoms with Crippen molar-refractivity contribution in [3.8, 4) is 11.3 Å². The second-order valence-corrected chi connectivity index (χ2v) is 8.49. The van der Waals surface area contributed by atoms with Gasteiger partial charge in [0.1, 0.15) is 10.7 Å². The van der Waals surface area contributed by atoms with Gasteiger partial charge < -0.3 is 10.3 Å². The SMILES string of the molecule is Cc1sc2nc(CCC(=O)Nc3nc(-c4ccccc4)cs3)[nH]c(=O)c2c1C. The van der Waals surface area contributed by atoms with Gasteiger partial charge in [0.05, 0.1) is 11.1 Å². The highest BCUT2D eigenvalue weighted by atomic mass is 32.1. The van der Waals surface area contributed by atoms with Gasteiger partial charge in [-0.1, -0.05) is 30.3 Å². The summed E-state index contributed by atoms with van der Waals surface area (Å²) in [5.74, 6) is 0.369. The molecule has 4 aromatic rings. The first-order valence-electron chi connectivity index (χ1n) is 8.81. The molecule has 4 rings (SSSR count). The third kappa shape index (κ3) is 3.74. The Balaban J connectivity index is 1.42. The molecule has 3 aromatic heterocycles. The molecular formula is C20H18N4O2S2. The van der Waals surface area contributed by atoms with E-state index in [9.17, 15) is 9.59 Å². The maximum absolute atomic E-state index is 12.3. The van der Waals surface area contributed by atoms with Gasteiger partial charge in [-0.3, -0.25) is 9.59 Å². The summed E-state index contributed by atoms with van der Waals surface area (Å²) in [5.41, 5.74) is 2.67. The maximum atomic E-state index is 12.3. The number of benzene rings is 1. The summed E-state index contributed by atoms with van der Waals surface area (Å²) in [7, 11) is 0. The van der Waals surface area contributed by atoms with Gasteiger partial charge >= 0.3 is 0 Å². The van der Waals surface area contributed by atoms with Crippen molar-refractivity contribution in [1.29, 1.82) is 0 Å². The molecule has 142 valence electrons. The molecule has 0 unspecified atom stereocenters. The summed E-state index contributed by atoms with van der Waals surface area (Å²) < 4.78 is 0. The van der Waals surface area contributed by atoms with E-state index in [1.54, 1.807) is 0 Å². The first-order chi connectivity index (χ1) is 13.5. The number of hydrogen-bond acceptors (Lipinski definition) is 6. The molecular weight excluding hydrogens is 392 g/mol. The monoisotopic (exact) mass is 410 g/mol. The Morgan fingerprint density at radius 1 is 1.18 bits per heavy atom. The third-order valence-corrected chi connectivity index (χ3v) is 6.36. The largest absolute Gasteiger partial charge is 0.310 e. The van der Waals surface area contributed by atoms with E-state index < -0.39 is 0 Å². The molecule has 1 aromatic carbocycles. The highest BCUT2D eigenvalue weighted by Crippen LogP contribution is 2.26. The van der Waals surface area contributed by atoms with E-state index in [2.05, 4.69) is 20.3 Å². The average molecular weight is 411 g/mol. The van der Waals surface area contributed by atoms with Crippen LogP contribution in [0.3, 0.4) is 0 Å². The molecule has 0 saturated heterocycles. The normalized spacial score (nSPS) is 11.1. The second kappa shape index (κ2) is 7.65. The first-order valence-corrected chi connectivity index (χ1v) is 10.5. The number of H-pyrrole nitrogens is 1. The van der Waals surface area contributed by atoms with Crippen molar-refractivity contribution in [2.75, 3.05) is 5.32 Å². The number of carbonyl (C=O) groups is 1. The molecule has 8 heteroatoms. The number of thiazole rings is 1. The van der Waals surface area contributed by atoms with Crippen LogP contribution in [0.15, 0.2) is 40.5 Å². The van der Waals surface area contributed by atoms with Crippen molar-refractivity contribution >= 4 is 43.9 Å². The van der Waals surface area contributed by atoms with Gasteiger partial charge in [-0.25, -0.2) is 9.97 Å². The van der Waals surface area contributed by atoms with Crippen molar-refractivity contribution in [3.05, 3.63) is 62.3 Å². The molecule has 0 atom stereocenters. The Labute approximate surface area is 169 Å². The lowest BCUT2D eigenvalue weighted by Crippen LogP contribution is -2.16. The summed E-state index contributed by atoms with van der Waals surface area (Å²) in [6, 6.07) is 9.81. The molecule has 0 radical (unpaired) electrons. The molecule has 0 spiro atoms. The molecule has 6 nitrogen and oxygen atoms in total. The number of aromatic nitrogens is 3. The van der Waals surface area contributed by atoms with E-state index in [1.165, 1.54) is 22.7 Å². The number of hydrogen-bond donors (Lipinski definition) is 2. The van der Waals surface area contributed by atoms with Crippen molar-refractivity contribution in [2.45, 2.75) is 26.7 Å². The van der Waals surface area contributed by atoms with Crippen LogP contribution in [0, 0.1) is 13.8 Å². The van der Waals surface area contributed by atoms with Gasteiger partial charge in [-0.2, -0.15) is 0 Å². The summed E-state index contributed by atoms with van der Waals surface area (Å²) in [6.45, 7) is 3.90. The van der Waals surface area contributed by atoms with Crippen molar-refractivity contribution in [1.82, 2.24) is 15.0 Å². The van der Waals surface area contributed by atoms with Crippen LogP contribution < -0.4 is 10.9 Å². The molecule has 0 bridgehead atoms. The number of aryl methyl sites for hydroxylation is 3. The van der Waals surface area contributed by atoms with E-state index >= 15 is 0 Å². The summed E-state index contributed by atoms with van der Waals surface area (Å²) >= 11 is 2.89. The van der Waals surface area contributed by atoms with Crippen LogP contribution >= 0.6 is 22.7 Å². The predicted octanol–water partition coefficient (Wildman–Crippen LogP) is 4.30. The molecule has 1 amide bonds. The fraction of sp³-hybridized carbons (Fsp3) is 0.200. The molecule has 2 N–H and O–H groups in total. The van der Waals surface area contributed by atoms with Crippen LogP contribution in [0.1, 0.15) is 22.7 Å². The lowest BCUT2D eigenvalue weighted by molar-refractivity contribution is -0.116. The van der Waals surface area contributed by atoms with Crippen LogP contribution in [0.25, 0.3) is 21.5 Å². The van der Waals surface area contributed by atoms with E-state index in [-0.39, 0.29) is 17.9 Å². The fourth-order valence-electron chi connectivity index (χ4n) is 2.90. The van der Waals surface area contributed by atoms with Crippen LogP contribution in [0.2, 0.25) is 0 Å². The number of nitrogens with zero attached hydrogens (tertiary/aromatic N) is 2. The molecule has 0 aliphatic heterocycles. The summed E-state index contributed by atoms with van der Waals surface area (Å²) in [4.78, 5) is 38.2. The Bertz CT molecular complexity index is 1210. The average Bonchev–Trinajstić information content (AvgIpc) is 3.25. The number of amides is 1. The lowest BCUT2D eigenvalue weighted by atomic mass is 10.2. The van der Waals surface area contributed by atoms with E-state index in [1.807, 2.05) is 49.6 Å². The number of fused-ring (bicyclic) bond motifs is 1. The topological polar surface area (TPSA) is 87.7 Å². The highest BCUT2D eigenvalue weighted by Gasteiger charge is 2.13. The van der Waals surface area contributed by atoms with Gasteiger partial charge in [-0.15, -0.1) is 22.7 Å². The number of carbonyl (C=O) groups excluding carboxylic acids is 1. The van der Waals surface area contributed by atoms with Gasteiger partial charge in [0.2, 0.25) is 5.91 Å². The van der Waals surface area contributed by atoms with E-state index in [0.29, 0.717) is 22.8 Å². The third-order valence-electron chi connectivity index (χ3n) is 4.50. The Morgan fingerprint density at radius 3 is 2.75 bits per heavy atom. The maximum Gasteiger partial charge on any atom is 0.259 e. The number of thiophene rings is 1. The van der Waals surface area contributed by atoms with Crippen LogP contribution in [0.5, 0.6) is 0 Å². The van der Waals surface area contributed by atoms with Crippen LogP contribution in [-0.2, 0) is 11.2 Å². The molecule has 0 aliphatic rings. The van der Waals surface area contributed by atoms with Crippen molar-refractivity contribution in [3.63, 3.8) is 0 Å². The molecule has 0 aliphatic carbocycles. The Morgan fingerprint density at radius 2 is 1.96 bits per heavy atom. The minimum Gasteiger partial charge on any atom is -0.310 e. The molecule has 3 heterocycles. The number of rotatable bonds is 5. The second-order valence-electron chi connectivity index (χ2n) is 6.43. The molecule has 0 saturated carbocycles. The number of nitrogens with one attached hydrogen (secondary N) is 2. The number of anilines is 1. The minimum absolute atomic E-state index is 0.144. The number of aromatic amines is 1. The zero-order valence-electron chi connectivity index (χ0n) is 15.4. The smallest absolute Gasteiger partial charge is 0.259 e. The van der Waals surface area contributed by atoms with Crippen molar-refractivity contribution < 1.29 is 4.79 Å². The zero-order chi connectivity index (χ0) is 19.7. The standard InChI is InChI=1S/C20H18N4O2S2/c1-11-12(2)28-19-17(11)18(26)22-15(23-19)8-9-16(25)24-20-21-14(10-27-20)13-6-4-3-5-7-13/h3-7,10H,8-9H2,1-2H3,(H,21,24,25)(H,22,23,26). The van der Waals surface area contributed by atoms with E-state index in [4.69, 9.17) is 0 Å². The summed E-state index contributed by atoms with van der Waals surface area (Å²) in [5, 5.41) is 5.94. The van der Waals surface area contributed by atoms with Gasteiger partial charge in [0.25, 0.3) is 5.56 Å². The lowest BCUT2D eigenvalue weighted by Gasteiger charge is -2.02. The van der Waals surface area contributed by atoms with Gasteiger partial charge in [0, 0.05) is 28.7 Å². The minimum atomic E-state index is -0.157. The fourth-order valence-corrected chi connectivity index (χ4v) is 4.69. The van der Waals surface area contributed by atoms with Crippen LogP contribution in [-0.4, -0.2) is 20.9 Å². The summed E-state index contributed by atoms with van der Waals surface area (Å²) in [6.07, 6.45) is 0.585. The Hall–Kier alpha value is -2.84. The predicted molar refractivity (Wildman–Crippen MR) is 114 cm³/mol.